The second-order valence-electron chi connectivity index (χ2n) is 8.27. The quantitative estimate of drug-likeness (QED) is 0.633. The van der Waals surface area contributed by atoms with E-state index in [1.165, 1.54) is 29.2 Å². The van der Waals surface area contributed by atoms with Gasteiger partial charge in [0.05, 0.1) is 6.04 Å². The van der Waals surface area contributed by atoms with Crippen LogP contribution in [0.3, 0.4) is 0 Å². The number of likely N-dealkylation sites (tertiary alicyclic amines) is 1. The number of amides is 1. The van der Waals surface area contributed by atoms with Gasteiger partial charge in [-0.15, -0.1) is 0 Å². The number of alkyl halides is 3. The van der Waals surface area contributed by atoms with E-state index in [9.17, 15) is 26.4 Å². The number of sulfonamides is 1. The predicted octanol–water partition coefficient (Wildman–Crippen LogP) is 4.81. The normalized spacial score (nSPS) is 17.8. The van der Waals surface area contributed by atoms with Gasteiger partial charge in [-0.05, 0) is 57.2 Å². The van der Waals surface area contributed by atoms with E-state index in [0.29, 0.717) is 27.7 Å². The van der Waals surface area contributed by atoms with Crippen LogP contribution in [0.5, 0.6) is 0 Å². The summed E-state index contributed by atoms with van der Waals surface area (Å²) in [6, 6.07) is 5.02. The first-order chi connectivity index (χ1) is 13.6. The van der Waals surface area contributed by atoms with Gasteiger partial charge in [0, 0.05) is 25.2 Å². The summed E-state index contributed by atoms with van der Waals surface area (Å²) in [4.78, 5) is 13.7. The summed E-state index contributed by atoms with van der Waals surface area (Å²) in [5, 5.41) is 0.388. The van der Waals surface area contributed by atoms with Gasteiger partial charge in [-0.1, -0.05) is 23.7 Å². The minimum Gasteiger partial charge on any atom is -0.444 e. The molecule has 0 bridgehead atoms. The molecule has 2 rings (SSSR count). The molecule has 0 aromatic heterocycles. The Labute approximate surface area is 180 Å². The summed E-state index contributed by atoms with van der Waals surface area (Å²) in [5.41, 5.74) is -5.67. The molecule has 1 aromatic rings. The Balaban J connectivity index is 2.27. The average molecular weight is 471 g/mol. The molecule has 6 nitrogen and oxygen atoms in total. The number of carbonyl (C=O) groups excluding carboxylic acids is 1. The van der Waals surface area contributed by atoms with Gasteiger partial charge in [-0.2, -0.15) is 17.5 Å². The first kappa shape index (κ1) is 24.7. The van der Waals surface area contributed by atoms with E-state index in [1.807, 2.05) is 0 Å². The number of piperidine rings is 1. The summed E-state index contributed by atoms with van der Waals surface area (Å²) in [5.74, 6) is -0.424. The monoisotopic (exact) mass is 470 g/mol. The lowest BCUT2D eigenvalue weighted by Gasteiger charge is -2.40. The average Bonchev–Trinajstić information content (AvgIpc) is 2.61. The predicted molar refractivity (Wildman–Crippen MR) is 107 cm³/mol. The van der Waals surface area contributed by atoms with Crippen LogP contribution in [0.4, 0.5) is 18.0 Å². The molecule has 0 N–H and O–H groups in total. The number of benzene rings is 1. The van der Waals surface area contributed by atoms with Crippen molar-refractivity contribution < 1.29 is 31.1 Å². The number of nitrogens with zero attached hydrogens (tertiary/aromatic N) is 2. The maximum Gasteiger partial charge on any atom is 0.511 e. The van der Waals surface area contributed by atoms with Crippen molar-refractivity contribution in [1.82, 2.24) is 9.21 Å². The molecule has 1 amide bonds. The van der Waals surface area contributed by atoms with Crippen LogP contribution in [0.2, 0.25) is 5.02 Å². The van der Waals surface area contributed by atoms with E-state index in [0.717, 1.165) is 7.05 Å². The van der Waals surface area contributed by atoms with Crippen LogP contribution in [0, 0.1) is 5.92 Å². The highest BCUT2D eigenvalue weighted by molar-refractivity contribution is 7.89. The zero-order valence-electron chi connectivity index (χ0n) is 17.2. The van der Waals surface area contributed by atoms with Crippen molar-refractivity contribution in [3.05, 3.63) is 34.9 Å². The molecule has 1 aromatic carbocycles. The smallest absolute Gasteiger partial charge is 0.444 e. The van der Waals surface area contributed by atoms with Crippen LogP contribution in [0.15, 0.2) is 24.3 Å². The third-order valence-electron chi connectivity index (χ3n) is 4.91. The lowest BCUT2D eigenvalue weighted by Crippen LogP contribution is -2.47. The van der Waals surface area contributed by atoms with E-state index in [-0.39, 0.29) is 13.1 Å². The van der Waals surface area contributed by atoms with Gasteiger partial charge in [0.2, 0.25) is 0 Å². The van der Waals surface area contributed by atoms with Crippen molar-refractivity contribution in [2.75, 3.05) is 20.1 Å². The van der Waals surface area contributed by atoms with E-state index in [4.69, 9.17) is 16.3 Å². The first-order valence-electron chi connectivity index (χ1n) is 9.41. The van der Waals surface area contributed by atoms with Gasteiger partial charge in [0.15, 0.2) is 0 Å². The molecule has 0 aliphatic carbocycles. The standard InChI is InChI=1S/C19H26ClF3N2O4S/c1-18(2,3)29-17(26)25-11-9-14(10-12-25)16(13-5-7-15(20)8-6-13)24(4)30(27,28)19(21,22)23/h5-8,14,16H,9-12H2,1-4H3. The van der Waals surface area contributed by atoms with Gasteiger partial charge in [-0.25, -0.2) is 13.2 Å². The second kappa shape index (κ2) is 8.92. The van der Waals surface area contributed by atoms with Gasteiger partial charge < -0.3 is 9.64 Å². The molecule has 1 fully saturated rings. The van der Waals surface area contributed by atoms with Crippen LogP contribution < -0.4 is 0 Å². The van der Waals surface area contributed by atoms with E-state index in [2.05, 4.69) is 0 Å². The Morgan fingerprint density at radius 3 is 2.10 bits per heavy atom. The molecule has 1 atom stereocenters. The molecule has 30 heavy (non-hydrogen) atoms. The van der Waals surface area contributed by atoms with Crippen molar-refractivity contribution in [3.63, 3.8) is 0 Å². The highest BCUT2D eigenvalue weighted by Gasteiger charge is 2.52. The fourth-order valence-electron chi connectivity index (χ4n) is 3.48. The summed E-state index contributed by atoms with van der Waals surface area (Å²) in [7, 11) is -4.61. The minimum atomic E-state index is -5.54. The number of ether oxygens (including phenoxy) is 1. The third-order valence-corrected chi connectivity index (χ3v) is 6.74. The lowest BCUT2D eigenvalue weighted by atomic mass is 9.85. The fourth-order valence-corrected chi connectivity index (χ4v) is 4.52. The van der Waals surface area contributed by atoms with E-state index >= 15 is 0 Å². The SMILES string of the molecule is CN(C(c1ccc(Cl)cc1)C1CCN(C(=O)OC(C)(C)C)CC1)S(=O)(=O)C(F)(F)F. The lowest BCUT2D eigenvalue weighted by molar-refractivity contribution is -0.0503. The molecule has 1 aliphatic rings. The number of hydrogen-bond donors (Lipinski definition) is 0. The minimum absolute atomic E-state index is 0.254. The van der Waals surface area contributed by atoms with Crippen LogP contribution >= 0.6 is 11.6 Å². The number of halogens is 4. The van der Waals surface area contributed by atoms with Gasteiger partial charge in [-0.3, -0.25) is 0 Å². The largest absolute Gasteiger partial charge is 0.511 e. The maximum atomic E-state index is 13.2. The van der Waals surface area contributed by atoms with Gasteiger partial charge in [0.25, 0.3) is 0 Å². The van der Waals surface area contributed by atoms with Gasteiger partial charge >= 0.3 is 21.6 Å². The van der Waals surface area contributed by atoms with Crippen LogP contribution in [-0.2, 0) is 14.8 Å². The Morgan fingerprint density at radius 2 is 1.67 bits per heavy atom. The Hall–Kier alpha value is -1.52. The first-order valence-corrected chi connectivity index (χ1v) is 11.2. The molecular formula is C19H26ClF3N2O4S. The van der Waals surface area contributed by atoms with Crippen molar-refractivity contribution in [3.8, 4) is 0 Å². The molecule has 1 saturated heterocycles. The van der Waals surface area contributed by atoms with Crippen molar-refractivity contribution >= 4 is 27.7 Å². The Morgan fingerprint density at radius 1 is 1.17 bits per heavy atom. The summed E-state index contributed by atoms with van der Waals surface area (Å²) >= 11 is 5.88. The van der Waals surface area contributed by atoms with E-state index in [1.54, 1.807) is 20.8 Å². The molecule has 1 heterocycles. The van der Waals surface area contributed by atoms with Crippen LogP contribution in [0.25, 0.3) is 0 Å². The fraction of sp³-hybridized carbons (Fsp3) is 0.632. The van der Waals surface area contributed by atoms with Crippen molar-refractivity contribution in [1.29, 1.82) is 0 Å². The second-order valence-corrected chi connectivity index (χ2v) is 10.7. The Bertz CT molecular complexity index is 846. The highest BCUT2D eigenvalue weighted by Crippen LogP contribution is 2.40. The summed E-state index contributed by atoms with van der Waals surface area (Å²) in [6.45, 7) is 5.73. The maximum absolute atomic E-state index is 13.2. The summed E-state index contributed by atoms with van der Waals surface area (Å²) < 4.78 is 69.5. The molecule has 1 aliphatic heterocycles. The molecule has 0 spiro atoms. The van der Waals surface area contributed by atoms with Crippen molar-refractivity contribution in [2.45, 2.75) is 50.8 Å². The zero-order chi connectivity index (χ0) is 22.9. The molecule has 170 valence electrons. The Kier molecular flexibility index (Phi) is 7.36. The zero-order valence-corrected chi connectivity index (χ0v) is 18.8. The number of hydrogen-bond acceptors (Lipinski definition) is 4. The third kappa shape index (κ3) is 5.79. The molecule has 1 unspecified atom stereocenters. The topological polar surface area (TPSA) is 66.9 Å². The molecular weight excluding hydrogens is 445 g/mol. The van der Waals surface area contributed by atoms with Crippen molar-refractivity contribution in [2.24, 2.45) is 5.92 Å². The molecule has 11 heteroatoms. The van der Waals surface area contributed by atoms with Crippen LogP contribution in [-0.4, -0.2) is 55.0 Å². The summed E-state index contributed by atoms with van der Waals surface area (Å²) in [6.07, 6.45) is 0.148. The molecule has 0 radical (unpaired) electrons. The number of rotatable bonds is 4. The van der Waals surface area contributed by atoms with E-state index < -0.39 is 39.2 Å². The number of carbonyl (C=O) groups is 1. The molecule has 0 saturated carbocycles. The van der Waals surface area contributed by atoms with Gasteiger partial charge in [0.1, 0.15) is 5.60 Å². The highest BCUT2D eigenvalue weighted by atomic mass is 35.5. The van der Waals surface area contributed by atoms with Crippen LogP contribution in [0.1, 0.15) is 45.2 Å².